The minimum absolute atomic E-state index is 0. The molecule has 8 rings (SSSR count). The van der Waals surface area contributed by atoms with E-state index in [1.54, 1.807) is 0 Å². The number of hydrogen-bond donors (Lipinski definition) is 0. The van der Waals surface area contributed by atoms with Gasteiger partial charge in [0.05, 0.1) is 0 Å². The molecule has 6 aromatic carbocycles. The molecule has 0 saturated carbocycles. The van der Waals surface area contributed by atoms with Crippen molar-refractivity contribution in [3.05, 3.63) is 203 Å². The Morgan fingerprint density at radius 3 is 1.63 bits per heavy atom. The van der Waals surface area contributed by atoms with Crippen LogP contribution in [0.15, 0.2) is 157 Å². The quantitative estimate of drug-likeness (QED) is 0.120. The van der Waals surface area contributed by atoms with Crippen LogP contribution in [0.5, 0.6) is 0 Å². The van der Waals surface area contributed by atoms with Gasteiger partial charge in [-0.2, -0.15) is 11.6 Å². The molecule has 0 nitrogen and oxygen atoms in total. The summed E-state index contributed by atoms with van der Waals surface area (Å²) in [5.74, 6) is 0.573. The van der Waals surface area contributed by atoms with E-state index in [0.29, 0.717) is 14.5 Å². The molecule has 0 heterocycles. The van der Waals surface area contributed by atoms with E-state index >= 15 is 0 Å². The Kier molecular flexibility index (Phi) is 16.5. The SMILES string of the molecule is CCC1[C-]=CC(C(C)(C)C)=C1.FC(F)(F)c1cccc([C](=[Zr+2])c2cccc(C(F)(F)F)c2)c1.[Cl-].[Cl-].[c-]1c(-c2ccccc2)ccc2c1Cc1cc(-c3ccccc3)ccc1-2. The van der Waals surface area contributed by atoms with Crippen LogP contribution in [0.4, 0.5) is 26.3 Å². The Balaban J connectivity index is 0.000000209. The molecule has 0 aliphatic heterocycles. The number of hydrogen-bond acceptors (Lipinski definition) is 0. The smallest absolute Gasteiger partial charge is 0.0181 e. The standard InChI is InChI=1S/C25H17.C15H8F6.C11H17.2ClH.Zr/c1-3-7-18(8-4-1)20-11-13-24-22(15-20)17-23-16-21(12-14-25(23)24)19-9-5-2-6-10-19;16-14(17,18)12-5-1-3-10(8-12)7-11-4-2-6-13(9-11)15(19,20)21;1-5-9-6-7-10(8-9)11(2,3)4;;;/h1-15H,17H2;1-6,8-9H;7-9H,5H2,1-4H3;2*1H;/q-1;;-1;;;+2/p-2. The molecule has 0 amide bonds. The number of halogens is 8. The summed E-state index contributed by atoms with van der Waals surface area (Å²) in [6, 6.07) is 45.2. The Hall–Kier alpha value is -4.29. The zero-order chi connectivity index (χ0) is 41.7. The third kappa shape index (κ3) is 12.2. The molecule has 0 N–H and O–H groups in total. The number of allylic oxidation sites excluding steroid dienone is 4. The van der Waals surface area contributed by atoms with E-state index < -0.39 is 23.5 Å². The molecule has 0 fully saturated rings. The topological polar surface area (TPSA) is 0 Å². The van der Waals surface area contributed by atoms with Gasteiger partial charge in [0.1, 0.15) is 0 Å². The average molecular weight is 931 g/mol. The van der Waals surface area contributed by atoms with Crippen LogP contribution in [-0.4, -0.2) is 3.21 Å². The van der Waals surface area contributed by atoms with Gasteiger partial charge in [0, 0.05) is 0 Å². The van der Waals surface area contributed by atoms with Crippen molar-refractivity contribution >= 4 is 3.21 Å². The van der Waals surface area contributed by atoms with Crippen molar-refractivity contribution in [3.63, 3.8) is 0 Å². The number of benzene rings is 6. The molecule has 60 heavy (non-hydrogen) atoms. The normalized spacial score (nSPS) is 13.9. The van der Waals surface area contributed by atoms with E-state index in [0.717, 1.165) is 54.9 Å². The molecule has 0 radical (unpaired) electrons. The number of alkyl halides is 6. The second kappa shape index (κ2) is 20.5. The monoisotopic (exact) mass is 928 g/mol. The van der Waals surface area contributed by atoms with Crippen LogP contribution >= 0.6 is 0 Å². The fourth-order valence-corrected chi connectivity index (χ4v) is 7.57. The Morgan fingerprint density at radius 1 is 0.617 bits per heavy atom. The summed E-state index contributed by atoms with van der Waals surface area (Å²) in [6.07, 6.45) is 0.995. The maximum Gasteiger partial charge on any atom is -0.0181 e. The van der Waals surface area contributed by atoms with Gasteiger partial charge in [0.25, 0.3) is 0 Å². The summed E-state index contributed by atoms with van der Waals surface area (Å²) in [5, 5.41) is 0. The van der Waals surface area contributed by atoms with Crippen LogP contribution in [0.3, 0.4) is 0 Å². The summed E-state index contributed by atoms with van der Waals surface area (Å²) >= 11 is 0.729. The molecule has 9 heteroatoms. The van der Waals surface area contributed by atoms with Crippen LogP contribution in [0.1, 0.15) is 67.5 Å². The van der Waals surface area contributed by atoms with Crippen molar-refractivity contribution in [1.29, 1.82) is 0 Å². The van der Waals surface area contributed by atoms with E-state index in [1.807, 2.05) is 0 Å². The van der Waals surface area contributed by atoms with Crippen molar-refractivity contribution < 1.29 is 75.4 Å². The maximum atomic E-state index is 12.7. The van der Waals surface area contributed by atoms with Gasteiger partial charge in [-0.05, 0) is 23.1 Å². The first kappa shape index (κ1) is 48.4. The van der Waals surface area contributed by atoms with Crippen LogP contribution in [0.2, 0.25) is 0 Å². The summed E-state index contributed by atoms with van der Waals surface area (Å²) < 4.78 is 76.7. The zero-order valence-electron chi connectivity index (χ0n) is 33.4. The van der Waals surface area contributed by atoms with Gasteiger partial charge in [-0.15, -0.1) is 29.3 Å². The molecule has 2 aliphatic rings. The van der Waals surface area contributed by atoms with E-state index in [1.165, 1.54) is 80.8 Å². The zero-order valence-corrected chi connectivity index (χ0v) is 37.4. The van der Waals surface area contributed by atoms with Gasteiger partial charge in [0.15, 0.2) is 0 Å². The van der Waals surface area contributed by atoms with Crippen LogP contribution in [0, 0.1) is 23.5 Å². The van der Waals surface area contributed by atoms with Gasteiger partial charge in [-0.3, -0.25) is 6.08 Å². The molecule has 308 valence electrons. The number of fused-ring (bicyclic) bond motifs is 3. The van der Waals surface area contributed by atoms with Crippen molar-refractivity contribution in [2.75, 3.05) is 0 Å². The molecule has 0 saturated heterocycles. The molecule has 2 aliphatic carbocycles. The fourth-order valence-electron chi connectivity index (χ4n) is 6.80. The molecule has 0 aromatic heterocycles. The van der Waals surface area contributed by atoms with Crippen LogP contribution in [0.25, 0.3) is 33.4 Å². The second-order valence-electron chi connectivity index (χ2n) is 15.3. The predicted octanol–water partition coefficient (Wildman–Crippen LogP) is 8.60. The summed E-state index contributed by atoms with van der Waals surface area (Å²) in [4.78, 5) is 0. The molecule has 0 spiro atoms. The van der Waals surface area contributed by atoms with E-state index in [-0.39, 0.29) is 35.9 Å². The average Bonchev–Trinajstić information content (AvgIpc) is 3.86. The van der Waals surface area contributed by atoms with Crippen LogP contribution in [-0.2, 0) is 43.0 Å². The first-order valence-electron chi connectivity index (χ1n) is 19.1. The predicted molar refractivity (Wildman–Crippen MR) is 220 cm³/mol. The van der Waals surface area contributed by atoms with Gasteiger partial charge in [-0.1, -0.05) is 141 Å². The Bertz CT molecular complexity index is 2300. The number of rotatable bonds is 5. The minimum atomic E-state index is -4.49. The van der Waals surface area contributed by atoms with E-state index in [2.05, 4.69) is 143 Å². The molecular formula is C51H42Cl2F6Zr-2. The van der Waals surface area contributed by atoms with Crippen molar-refractivity contribution in [3.8, 4) is 33.4 Å². The molecule has 0 bridgehead atoms. The van der Waals surface area contributed by atoms with Gasteiger partial charge in [0.2, 0.25) is 0 Å². The third-order valence-corrected chi connectivity index (χ3v) is 11.5. The van der Waals surface area contributed by atoms with Gasteiger partial charge >= 0.3 is 137 Å². The fraction of sp³-hybridized carbons (Fsp3) is 0.196. The molecule has 1 atom stereocenters. The van der Waals surface area contributed by atoms with Crippen molar-refractivity contribution in [2.45, 2.75) is 52.9 Å². The van der Waals surface area contributed by atoms with E-state index in [9.17, 15) is 26.3 Å². The van der Waals surface area contributed by atoms with Gasteiger partial charge in [-0.25, -0.2) is 6.08 Å². The van der Waals surface area contributed by atoms with Crippen molar-refractivity contribution in [1.82, 2.24) is 0 Å². The van der Waals surface area contributed by atoms with Crippen LogP contribution < -0.4 is 24.8 Å². The van der Waals surface area contributed by atoms with Gasteiger partial charge < -0.3 is 24.8 Å². The molecule has 6 aromatic rings. The Morgan fingerprint density at radius 2 is 1.15 bits per heavy atom. The summed E-state index contributed by atoms with van der Waals surface area (Å²) in [5.41, 5.74) is 11.0. The first-order valence-corrected chi connectivity index (χ1v) is 20.3. The first-order chi connectivity index (χ1) is 27.5. The third-order valence-electron chi connectivity index (χ3n) is 10.1. The van der Waals surface area contributed by atoms with Crippen molar-refractivity contribution in [2.24, 2.45) is 11.3 Å². The Labute approximate surface area is 376 Å². The second-order valence-corrected chi connectivity index (χ2v) is 16.5. The maximum absolute atomic E-state index is 12.7. The largest absolute Gasteiger partial charge is 1.00 e. The molecule has 1 unspecified atom stereocenters. The minimum Gasteiger partial charge on any atom is -1.00 e. The summed E-state index contributed by atoms with van der Waals surface area (Å²) in [6.45, 7) is 8.94. The summed E-state index contributed by atoms with van der Waals surface area (Å²) in [7, 11) is 0. The van der Waals surface area contributed by atoms with E-state index in [4.69, 9.17) is 0 Å². The molecular weight excluding hydrogens is 889 g/mol.